The zero-order valence-corrected chi connectivity index (χ0v) is 21.7. The van der Waals surface area contributed by atoms with Crippen LogP contribution in [0, 0.1) is 13.8 Å². The fourth-order valence-corrected chi connectivity index (χ4v) is 4.31. The summed E-state index contributed by atoms with van der Waals surface area (Å²) in [5, 5.41) is 7.43. The number of rotatable bonds is 7. The van der Waals surface area contributed by atoms with E-state index in [0.29, 0.717) is 23.6 Å². The number of ether oxygens (including phenoxy) is 1. The number of carbonyl (C=O) groups is 1. The number of carbonyl (C=O) groups excluding carboxylic acids is 1. The van der Waals surface area contributed by atoms with Crippen molar-refractivity contribution in [2.75, 3.05) is 0 Å². The molecule has 6 nitrogen and oxygen atoms in total. The average molecular weight is 543 g/mol. The average Bonchev–Trinajstić information content (AvgIpc) is 3.43. The number of alkyl halides is 3. The van der Waals surface area contributed by atoms with Crippen LogP contribution in [0.2, 0.25) is 0 Å². The lowest BCUT2D eigenvalue weighted by molar-refractivity contribution is -0.274. The van der Waals surface area contributed by atoms with Crippen molar-refractivity contribution in [3.63, 3.8) is 0 Å². The van der Waals surface area contributed by atoms with E-state index in [9.17, 15) is 18.0 Å². The normalized spacial score (nSPS) is 11.3. The maximum Gasteiger partial charge on any atom is 0.573 e. The topological polar surface area (TPSA) is 69.0 Å². The number of nitrogens with zero attached hydrogens (tertiary/aromatic N) is 3. The van der Waals surface area contributed by atoms with Gasteiger partial charge in [0.05, 0.1) is 5.69 Å². The van der Waals surface area contributed by atoms with Crippen molar-refractivity contribution in [2.24, 2.45) is 0 Å². The summed E-state index contributed by atoms with van der Waals surface area (Å²) < 4.78 is 42.5. The number of aromatic nitrogens is 3. The minimum Gasteiger partial charge on any atom is -0.406 e. The molecule has 0 saturated carbocycles. The van der Waals surface area contributed by atoms with Crippen molar-refractivity contribution in [3.8, 4) is 34.0 Å². The largest absolute Gasteiger partial charge is 0.573 e. The number of aryl methyl sites for hydroxylation is 2. The molecular weight excluding hydrogens is 517 g/mol. The zero-order chi connectivity index (χ0) is 28.3. The van der Waals surface area contributed by atoms with E-state index in [2.05, 4.69) is 38.3 Å². The summed E-state index contributed by atoms with van der Waals surface area (Å²) in [5.41, 5.74) is 6.96. The van der Waals surface area contributed by atoms with Gasteiger partial charge >= 0.3 is 6.36 Å². The second kappa shape index (κ2) is 11.1. The summed E-state index contributed by atoms with van der Waals surface area (Å²) in [6.45, 7) is 4.41. The lowest BCUT2D eigenvalue weighted by Gasteiger charge is -2.13. The highest BCUT2D eigenvalue weighted by atomic mass is 19.4. The smallest absolute Gasteiger partial charge is 0.406 e. The van der Waals surface area contributed by atoms with Crippen LogP contribution < -0.4 is 10.1 Å². The Balaban J connectivity index is 1.25. The number of benzene rings is 4. The van der Waals surface area contributed by atoms with Gasteiger partial charge in [0.15, 0.2) is 5.82 Å². The van der Waals surface area contributed by atoms with Crippen LogP contribution in [0.5, 0.6) is 5.75 Å². The summed E-state index contributed by atoms with van der Waals surface area (Å²) in [6, 6.07) is 26.6. The summed E-state index contributed by atoms with van der Waals surface area (Å²) in [6.07, 6.45) is -3.27. The van der Waals surface area contributed by atoms with E-state index in [4.69, 9.17) is 0 Å². The lowest BCUT2D eigenvalue weighted by atomic mass is 9.94. The Morgan fingerprint density at radius 2 is 1.62 bits per heavy atom. The number of halogens is 3. The molecule has 202 valence electrons. The van der Waals surface area contributed by atoms with E-state index in [1.165, 1.54) is 35.3 Å². The molecule has 0 saturated heterocycles. The molecule has 5 aromatic rings. The first-order valence-electron chi connectivity index (χ1n) is 12.5. The summed E-state index contributed by atoms with van der Waals surface area (Å²) in [7, 11) is 0. The Kier molecular flexibility index (Phi) is 7.37. The van der Waals surface area contributed by atoms with E-state index in [-0.39, 0.29) is 11.7 Å². The van der Waals surface area contributed by atoms with Crippen LogP contribution in [0.1, 0.15) is 27.0 Å². The molecular formula is C31H25F3N4O2. The lowest BCUT2D eigenvalue weighted by Crippen LogP contribution is -2.23. The van der Waals surface area contributed by atoms with Crippen molar-refractivity contribution in [1.29, 1.82) is 0 Å². The Hall–Kier alpha value is -4.92. The van der Waals surface area contributed by atoms with Gasteiger partial charge in [-0.05, 0) is 66.4 Å². The molecule has 9 heteroatoms. The van der Waals surface area contributed by atoms with E-state index in [0.717, 1.165) is 33.4 Å². The third-order valence-electron chi connectivity index (χ3n) is 6.35. The van der Waals surface area contributed by atoms with Gasteiger partial charge in [-0.25, -0.2) is 9.67 Å². The molecule has 0 radical (unpaired) electrons. The molecule has 0 fully saturated rings. The standard InChI is InChI=1S/C31H25F3N4O2/c1-20-7-8-21(2)28(17-20)26-5-3-4-6-27(26)30(39)35-18-22-9-11-23(12-10-22)29-36-19-38(37-29)24-13-15-25(16-14-24)40-31(32,33)34/h3-17,19H,18H2,1-2H3,(H,35,39). The number of amides is 1. The van der Waals surface area contributed by atoms with Gasteiger partial charge in [0.25, 0.3) is 5.91 Å². The Bertz CT molecular complexity index is 1640. The van der Waals surface area contributed by atoms with Gasteiger partial charge in [-0.3, -0.25) is 4.79 Å². The maximum atomic E-state index is 13.1. The highest BCUT2D eigenvalue weighted by Crippen LogP contribution is 2.28. The zero-order valence-electron chi connectivity index (χ0n) is 21.7. The van der Waals surface area contributed by atoms with Crippen LogP contribution in [0.25, 0.3) is 28.2 Å². The molecule has 40 heavy (non-hydrogen) atoms. The Morgan fingerprint density at radius 3 is 2.35 bits per heavy atom. The SMILES string of the molecule is Cc1ccc(C)c(-c2ccccc2C(=O)NCc2ccc(-c3ncn(-c4ccc(OC(F)(F)F)cc4)n3)cc2)c1. The predicted molar refractivity (Wildman–Crippen MR) is 146 cm³/mol. The van der Waals surface area contributed by atoms with Gasteiger partial charge in [-0.15, -0.1) is 18.3 Å². The van der Waals surface area contributed by atoms with Crippen LogP contribution >= 0.6 is 0 Å². The minimum absolute atomic E-state index is 0.160. The van der Waals surface area contributed by atoms with Gasteiger partial charge in [0.1, 0.15) is 12.1 Å². The van der Waals surface area contributed by atoms with Crippen molar-refractivity contribution in [2.45, 2.75) is 26.8 Å². The molecule has 5 rings (SSSR count). The molecule has 0 unspecified atom stereocenters. The Morgan fingerprint density at radius 1 is 0.900 bits per heavy atom. The third kappa shape index (κ3) is 6.20. The van der Waals surface area contributed by atoms with Crippen LogP contribution in [0.3, 0.4) is 0 Å². The van der Waals surface area contributed by atoms with Gasteiger partial charge in [0.2, 0.25) is 0 Å². The van der Waals surface area contributed by atoms with E-state index in [1.54, 1.807) is 0 Å². The first-order chi connectivity index (χ1) is 19.2. The van der Waals surface area contributed by atoms with Crippen molar-refractivity contribution >= 4 is 5.91 Å². The van der Waals surface area contributed by atoms with Crippen molar-refractivity contribution < 1.29 is 22.7 Å². The molecule has 1 heterocycles. The fourth-order valence-electron chi connectivity index (χ4n) is 4.31. The van der Waals surface area contributed by atoms with Crippen LogP contribution in [0.15, 0.2) is 97.3 Å². The second-order valence-electron chi connectivity index (χ2n) is 9.30. The van der Waals surface area contributed by atoms with Crippen LogP contribution in [-0.4, -0.2) is 27.0 Å². The molecule has 0 aliphatic heterocycles. The summed E-state index contributed by atoms with van der Waals surface area (Å²) in [4.78, 5) is 17.4. The van der Waals surface area contributed by atoms with Crippen molar-refractivity contribution in [3.05, 3.63) is 120 Å². The molecule has 0 aliphatic rings. The molecule has 1 N–H and O–H groups in total. The number of hydrogen-bond donors (Lipinski definition) is 1. The highest BCUT2D eigenvalue weighted by Gasteiger charge is 2.31. The molecule has 1 amide bonds. The van der Waals surface area contributed by atoms with Gasteiger partial charge in [-0.1, -0.05) is 66.2 Å². The molecule has 0 spiro atoms. The third-order valence-corrected chi connectivity index (χ3v) is 6.35. The first kappa shape index (κ1) is 26.7. The van der Waals surface area contributed by atoms with E-state index in [1.807, 2.05) is 62.4 Å². The van der Waals surface area contributed by atoms with Crippen molar-refractivity contribution in [1.82, 2.24) is 20.1 Å². The summed E-state index contributed by atoms with van der Waals surface area (Å²) in [5.74, 6) is -0.0191. The predicted octanol–water partition coefficient (Wildman–Crippen LogP) is 7.05. The van der Waals surface area contributed by atoms with Crippen LogP contribution in [0.4, 0.5) is 13.2 Å². The maximum absolute atomic E-state index is 13.1. The fraction of sp³-hybridized carbons (Fsp3) is 0.129. The quantitative estimate of drug-likeness (QED) is 0.239. The molecule has 1 aromatic heterocycles. The molecule has 0 atom stereocenters. The number of nitrogens with one attached hydrogen (secondary N) is 1. The minimum atomic E-state index is -4.75. The summed E-state index contributed by atoms with van der Waals surface area (Å²) >= 11 is 0. The number of hydrogen-bond acceptors (Lipinski definition) is 4. The van der Waals surface area contributed by atoms with Gasteiger partial charge in [-0.2, -0.15) is 0 Å². The van der Waals surface area contributed by atoms with Crippen LogP contribution in [-0.2, 0) is 6.54 Å². The van der Waals surface area contributed by atoms with E-state index < -0.39 is 6.36 Å². The Labute approximate surface area is 229 Å². The van der Waals surface area contributed by atoms with Gasteiger partial charge < -0.3 is 10.1 Å². The van der Waals surface area contributed by atoms with Gasteiger partial charge in [0, 0.05) is 17.7 Å². The monoisotopic (exact) mass is 542 g/mol. The molecule has 0 aliphatic carbocycles. The second-order valence-corrected chi connectivity index (χ2v) is 9.30. The molecule has 0 bridgehead atoms. The van der Waals surface area contributed by atoms with E-state index >= 15 is 0 Å². The molecule has 4 aromatic carbocycles. The highest BCUT2D eigenvalue weighted by molar-refractivity contribution is 6.01. The first-order valence-corrected chi connectivity index (χ1v) is 12.5.